The number of halogens is 1. The monoisotopic (exact) mass is 359 g/mol. The molecule has 128 valence electrons. The molecule has 0 unspecified atom stereocenters. The van der Waals surface area contributed by atoms with Crippen LogP contribution in [0.25, 0.3) is 11.2 Å². The minimum absolute atomic E-state index is 0.247. The molecule has 0 aliphatic carbocycles. The van der Waals surface area contributed by atoms with Crippen molar-refractivity contribution in [1.82, 2.24) is 25.0 Å². The van der Waals surface area contributed by atoms with Crippen molar-refractivity contribution in [3.8, 4) is 0 Å². The Morgan fingerprint density at radius 2 is 1.84 bits per heavy atom. The first kappa shape index (κ1) is 17.2. The van der Waals surface area contributed by atoms with Crippen molar-refractivity contribution in [2.24, 2.45) is 0 Å². The molecule has 0 spiro atoms. The number of nitrogens with zero attached hydrogens (tertiary/aromatic N) is 5. The van der Waals surface area contributed by atoms with E-state index in [0.29, 0.717) is 22.7 Å². The molecule has 0 aliphatic heterocycles. The van der Waals surface area contributed by atoms with Crippen LogP contribution in [0.15, 0.2) is 35.6 Å². The summed E-state index contributed by atoms with van der Waals surface area (Å²) >= 11 is 1.04. The largest absolute Gasteiger partial charge is 0.298 e. The molecule has 0 N–H and O–H groups in total. The number of hydrogen-bond acceptors (Lipinski definition) is 7. The van der Waals surface area contributed by atoms with Crippen LogP contribution in [0.4, 0.5) is 4.39 Å². The Hall–Kier alpha value is -2.68. The second-order valence-electron chi connectivity index (χ2n) is 5.44. The molecule has 25 heavy (non-hydrogen) atoms. The van der Waals surface area contributed by atoms with Crippen molar-refractivity contribution in [2.75, 3.05) is 0 Å². The molecule has 2 aromatic heterocycles. The maximum atomic E-state index is 13.0. The topological polar surface area (TPSA) is 90.6 Å². The van der Waals surface area contributed by atoms with Crippen molar-refractivity contribution in [2.45, 2.75) is 30.7 Å². The van der Waals surface area contributed by atoms with E-state index in [9.17, 15) is 14.0 Å². The standard InChI is InChI=1S/C16H14FN5O2S/c1-9(23)14(10(2)24)25-16-13-15(18-8-19-16)22(21-20-13)7-11-3-5-12(17)6-4-11/h3-6,8,14H,7H2,1-2H3. The van der Waals surface area contributed by atoms with Gasteiger partial charge in [-0.15, -0.1) is 5.10 Å². The van der Waals surface area contributed by atoms with Crippen molar-refractivity contribution < 1.29 is 14.0 Å². The number of rotatable bonds is 6. The van der Waals surface area contributed by atoms with E-state index < -0.39 is 5.25 Å². The quantitative estimate of drug-likeness (QED) is 0.378. The Labute approximate surface area is 146 Å². The Bertz CT molecular complexity index is 927. The molecule has 1 aromatic carbocycles. The van der Waals surface area contributed by atoms with Gasteiger partial charge in [0.05, 0.1) is 6.54 Å². The van der Waals surface area contributed by atoms with E-state index in [1.807, 2.05) is 0 Å². The van der Waals surface area contributed by atoms with Gasteiger partial charge in [-0.2, -0.15) is 0 Å². The van der Waals surface area contributed by atoms with Crippen molar-refractivity contribution in [3.05, 3.63) is 42.0 Å². The highest BCUT2D eigenvalue weighted by Crippen LogP contribution is 2.27. The van der Waals surface area contributed by atoms with Gasteiger partial charge in [-0.25, -0.2) is 19.0 Å². The smallest absolute Gasteiger partial charge is 0.183 e. The SMILES string of the molecule is CC(=O)C(Sc1ncnc2c1nnn2Cc1ccc(F)cc1)C(C)=O. The minimum atomic E-state index is -0.833. The fourth-order valence-corrected chi connectivity index (χ4v) is 3.20. The fraction of sp³-hybridized carbons (Fsp3) is 0.250. The summed E-state index contributed by atoms with van der Waals surface area (Å²) in [5, 5.41) is 7.72. The Morgan fingerprint density at radius 3 is 2.48 bits per heavy atom. The molecule has 3 aromatic rings. The van der Waals surface area contributed by atoms with Gasteiger partial charge in [0, 0.05) is 0 Å². The van der Waals surface area contributed by atoms with E-state index in [-0.39, 0.29) is 17.4 Å². The average molecular weight is 359 g/mol. The molecule has 0 atom stereocenters. The van der Waals surface area contributed by atoms with Crippen molar-refractivity contribution in [3.63, 3.8) is 0 Å². The second-order valence-corrected chi connectivity index (χ2v) is 6.54. The first-order valence-electron chi connectivity index (χ1n) is 7.42. The zero-order valence-corrected chi connectivity index (χ0v) is 14.3. The van der Waals surface area contributed by atoms with Crippen LogP contribution in [-0.2, 0) is 16.1 Å². The lowest BCUT2D eigenvalue weighted by Gasteiger charge is -2.08. The van der Waals surface area contributed by atoms with Crippen LogP contribution in [0, 0.1) is 5.82 Å². The zero-order chi connectivity index (χ0) is 18.0. The zero-order valence-electron chi connectivity index (χ0n) is 13.5. The number of benzene rings is 1. The van der Waals surface area contributed by atoms with Crippen LogP contribution in [0.1, 0.15) is 19.4 Å². The third kappa shape index (κ3) is 3.71. The predicted molar refractivity (Wildman–Crippen MR) is 89.6 cm³/mol. The number of aromatic nitrogens is 5. The van der Waals surface area contributed by atoms with Crippen LogP contribution in [0.5, 0.6) is 0 Å². The number of carbonyl (C=O) groups is 2. The fourth-order valence-electron chi connectivity index (χ4n) is 2.29. The first-order chi connectivity index (χ1) is 12.0. The highest BCUT2D eigenvalue weighted by molar-refractivity contribution is 8.01. The number of carbonyl (C=O) groups excluding carboxylic acids is 2. The molecule has 3 rings (SSSR count). The summed E-state index contributed by atoms with van der Waals surface area (Å²) < 4.78 is 14.6. The summed E-state index contributed by atoms with van der Waals surface area (Å²) in [5.74, 6) is -0.807. The maximum Gasteiger partial charge on any atom is 0.183 e. The molecule has 0 radical (unpaired) electrons. The number of fused-ring (bicyclic) bond motifs is 1. The first-order valence-corrected chi connectivity index (χ1v) is 8.30. The highest BCUT2D eigenvalue weighted by atomic mass is 32.2. The molecule has 0 saturated heterocycles. The molecular weight excluding hydrogens is 345 g/mol. The van der Waals surface area contributed by atoms with E-state index in [4.69, 9.17) is 0 Å². The molecule has 7 nitrogen and oxygen atoms in total. The summed E-state index contributed by atoms with van der Waals surface area (Å²) in [4.78, 5) is 31.6. The van der Waals surface area contributed by atoms with Gasteiger partial charge in [-0.1, -0.05) is 29.1 Å². The molecule has 0 amide bonds. The molecular formula is C16H14FN5O2S. The van der Waals surface area contributed by atoms with Gasteiger partial charge in [0.25, 0.3) is 0 Å². The van der Waals surface area contributed by atoms with Crippen LogP contribution in [0.2, 0.25) is 0 Å². The van der Waals surface area contributed by atoms with Gasteiger partial charge in [0.1, 0.15) is 22.4 Å². The molecule has 0 bridgehead atoms. The molecule has 0 saturated carbocycles. The van der Waals surface area contributed by atoms with Crippen molar-refractivity contribution in [1.29, 1.82) is 0 Å². The lowest BCUT2D eigenvalue weighted by Crippen LogP contribution is -2.22. The highest BCUT2D eigenvalue weighted by Gasteiger charge is 2.24. The molecule has 0 aliphatic rings. The number of ketones is 2. The summed E-state index contributed by atoms with van der Waals surface area (Å²) in [7, 11) is 0. The lowest BCUT2D eigenvalue weighted by atomic mass is 10.2. The summed E-state index contributed by atoms with van der Waals surface area (Å²) in [6.45, 7) is 3.09. The van der Waals surface area contributed by atoms with Gasteiger partial charge in [-0.05, 0) is 31.5 Å². The maximum absolute atomic E-state index is 13.0. The third-order valence-corrected chi connectivity index (χ3v) is 4.90. The average Bonchev–Trinajstić information content (AvgIpc) is 2.98. The van der Waals surface area contributed by atoms with Gasteiger partial charge in [0.2, 0.25) is 0 Å². The predicted octanol–water partition coefficient (Wildman–Crippen LogP) is 2.05. The lowest BCUT2D eigenvalue weighted by molar-refractivity contribution is -0.123. The van der Waals surface area contributed by atoms with E-state index in [1.54, 1.807) is 16.8 Å². The van der Waals surface area contributed by atoms with E-state index in [2.05, 4.69) is 20.3 Å². The van der Waals surface area contributed by atoms with Crippen LogP contribution >= 0.6 is 11.8 Å². The molecule has 9 heteroatoms. The van der Waals surface area contributed by atoms with E-state index >= 15 is 0 Å². The number of Topliss-reactive ketones (excluding diaryl/α,β-unsaturated/α-hetero) is 2. The van der Waals surface area contributed by atoms with Crippen molar-refractivity contribution >= 4 is 34.5 Å². The van der Waals surface area contributed by atoms with Gasteiger partial charge < -0.3 is 0 Å². The van der Waals surface area contributed by atoms with Gasteiger partial charge >= 0.3 is 0 Å². The molecule has 2 heterocycles. The van der Waals surface area contributed by atoms with E-state index in [1.165, 1.54) is 32.3 Å². The summed E-state index contributed by atoms with van der Waals surface area (Å²) in [6, 6.07) is 6.05. The number of thioether (sulfide) groups is 1. The summed E-state index contributed by atoms with van der Waals surface area (Å²) in [6.07, 6.45) is 1.34. The minimum Gasteiger partial charge on any atom is -0.298 e. The molecule has 0 fully saturated rings. The van der Waals surface area contributed by atoms with E-state index in [0.717, 1.165) is 17.3 Å². The Balaban J connectivity index is 1.93. The summed E-state index contributed by atoms with van der Waals surface area (Å²) in [5.41, 5.74) is 1.74. The Morgan fingerprint density at radius 1 is 1.16 bits per heavy atom. The number of hydrogen-bond donors (Lipinski definition) is 0. The van der Waals surface area contributed by atoms with Crippen LogP contribution < -0.4 is 0 Å². The van der Waals surface area contributed by atoms with Crippen LogP contribution in [0.3, 0.4) is 0 Å². The third-order valence-electron chi connectivity index (χ3n) is 3.48. The second kappa shape index (κ2) is 7.06. The normalized spacial score (nSPS) is 11.2. The van der Waals surface area contributed by atoms with Gasteiger partial charge in [-0.3, -0.25) is 9.59 Å². The van der Waals surface area contributed by atoms with Gasteiger partial charge in [0.15, 0.2) is 22.7 Å². The van der Waals surface area contributed by atoms with Crippen LogP contribution in [-0.4, -0.2) is 41.8 Å². The Kier molecular flexibility index (Phi) is 4.84.